The number of aliphatic hydroxyl groups excluding tert-OH is 2. The maximum atomic E-state index is 12.6. The van der Waals surface area contributed by atoms with E-state index in [0.717, 1.165) is 0 Å². The first-order valence-corrected chi connectivity index (χ1v) is 10.1. The van der Waals surface area contributed by atoms with Crippen LogP contribution in [0.15, 0.2) is 46.8 Å². The van der Waals surface area contributed by atoms with Gasteiger partial charge in [0.05, 0.1) is 30.7 Å². The summed E-state index contributed by atoms with van der Waals surface area (Å²) in [4.78, 5) is 24.4. The molecular formula is C22H24O8. The van der Waals surface area contributed by atoms with Crippen molar-refractivity contribution >= 4 is 11.9 Å². The highest BCUT2D eigenvalue weighted by Crippen LogP contribution is 2.69. The minimum Gasteiger partial charge on any atom is -0.472 e. The zero-order valence-electron chi connectivity index (χ0n) is 16.6. The third-order valence-corrected chi connectivity index (χ3v) is 7.38. The Balaban J connectivity index is 1.64. The molecule has 3 heterocycles. The van der Waals surface area contributed by atoms with Gasteiger partial charge in [-0.05, 0) is 24.5 Å². The molecule has 3 fully saturated rings. The van der Waals surface area contributed by atoms with E-state index in [-0.39, 0.29) is 18.9 Å². The van der Waals surface area contributed by atoms with Crippen LogP contribution >= 0.6 is 0 Å². The van der Waals surface area contributed by atoms with Crippen molar-refractivity contribution in [2.75, 3.05) is 6.61 Å². The van der Waals surface area contributed by atoms with E-state index >= 15 is 0 Å². The molecule has 2 aliphatic carbocycles. The molecule has 1 aromatic heterocycles. The van der Waals surface area contributed by atoms with Gasteiger partial charge >= 0.3 is 11.9 Å². The van der Waals surface area contributed by atoms with Crippen LogP contribution in [0.25, 0.3) is 0 Å². The molecule has 8 heteroatoms. The molecular weight excluding hydrogens is 392 g/mol. The van der Waals surface area contributed by atoms with Gasteiger partial charge in [0.1, 0.15) is 12.2 Å². The van der Waals surface area contributed by atoms with E-state index < -0.39 is 47.4 Å². The van der Waals surface area contributed by atoms with E-state index in [9.17, 15) is 19.8 Å². The van der Waals surface area contributed by atoms with E-state index in [0.29, 0.717) is 29.6 Å². The predicted molar refractivity (Wildman–Crippen MR) is 100 cm³/mol. The van der Waals surface area contributed by atoms with E-state index in [2.05, 4.69) is 6.58 Å². The molecule has 2 aliphatic heterocycles. The summed E-state index contributed by atoms with van der Waals surface area (Å²) in [6.45, 7) is 5.67. The van der Waals surface area contributed by atoms with Crippen molar-refractivity contribution in [1.29, 1.82) is 0 Å². The summed E-state index contributed by atoms with van der Waals surface area (Å²) in [6.07, 6.45) is 2.14. The van der Waals surface area contributed by atoms with E-state index in [1.807, 2.05) is 0 Å². The van der Waals surface area contributed by atoms with Crippen molar-refractivity contribution in [3.05, 3.63) is 48.0 Å². The van der Waals surface area contributed by atoms with E-state index in [1.54, 1.807) is 12.1 Å². The second-order valence-corrected chi connectivity index (χ2v) is 8.74. The minimum atomic E-state index is -1.23. The lowest BCUT2D eigenvalue weighted by molar-refractivity contribution is -0.284. The van der Waals surface area contributed by atoms with Crippen molar-refractivity contribution in [2.45, 2.75) is 50.8 Å². The smallest absolute Gasteiger partial charge is 0.334 e. The van der Waals surface area contributed by atoms with Gasteiger partial charge in [-0.3, -0.25) is 4.79 Å². The first-order chi connectivity index (χ1) is 14.3. The summed E-state index contributed by atoms with van der Waals surface area (Å²) in [5.74, 6) is -1.30. The highest BCUT2D eigenvalue weighted by atomic mass is 16.6. The minimum absolute atomic E-state index is 0.118. The van der Waals surface area contributed by atoms with Crippen LogP contribution in [-0.4, -0.2) is 47.3 Å². The summed E-state index contributed by atoms with van der Waals surface area (Å²) < 4.78 is 22.3. The third-order valence-electron chi connectivity index (χ3n) is 7.38. The molecule has 2 saturated heterocycles. The van der Waals surface area contributed by atoms with Gasteiger partial charge in [0.25, 0.3) is 0 Å². The van der Waals surface area contributed by atoms with Crippen molar-refractivity contribution < 1.29 is 38.4 Å². The molecule has 1 saturated carbocycles. The number of carbonyl (C=O) groups is 2. The van der Waals surface area contributed by atoms with E-state index in [4.69, 9.17) is 18.6 Å². The van der Waals surface area contributed by atoms with Crippen molar-refractivity contribution in [3.63, 3.8) is 0 Å². The largest absolute Gasteiger partial charge is 0.472 e. The summed E-state index contributed by atoms with van der Waals surface area (Å²) >= 11 is 0. The molecule has 0 amide bonds. The van der Waals surface area contributed by atoms with Gasteiger partial charge in [-0.1, -0.05) is 12.2 Å². The van der Waals surface area contributed by atoms with E-state index in [1.165, 1.54) is 19.5 Å². The Hall–Kier alpha value is -2.42. The topological polar surface area (TPSA) is 115 Å². The van der Waals surface area contributed by atoms with Gasteiger partial charge in [-0.15, -0.1) is 0 Å². The average Bonchev–Trinajstić information content (AvgIpc) is 3.29. The molecule has 7 atom stereocenters. The Morgan fingerprint density at radius 1 is 1.43 bits per heavy atom. The van der Waals surface area contributed by atoms with Crippen LogP contribution < -0.4 is 0 Å². The lowest BCUT2D eigenvalue weighted by Crippen LogP contribution is -2.66. The molecule has 2 bridgehead atoms. The Morgan fingerprint density at radius 3 is 2.93 bits per heavy atom. The highest BCUT2D eigenvalue weighted by molar-refractivity contribution is 5.93. The van der Waals surface area contributed by atoms with Crippen LogP contribution in [0.3, 0.4) is 0 Å². The quantitative estimate of drug-likeness (QED) is 0.564. The fraction of sp³-hybridized carbons (Fsp3) is 0.545. The fourth-order valence-corrected chi connectivity index (χ4v) is 6.13. The average molecular weight is 416 g/mol. The summed E-state index contributed by atoms with van der Waals surface area (Å²) in [5, 5.41) is 21.7. The lowest BCUT2D eigenvalue weighted by atomic mass is 9.45. The number of hydrogen-bond acceptors (Lipinski definition) is 8. The fourth-order valence-electron chi connectivity index (χ4n) is 6.13. The summed E-state index contributed by atoms with van der Waals surface area (Å²) in [6, 6.07) is 1.70. The summed E-state index contributed by atoms with van der Waals surface area (Å²) in [5.41, 5.74) is -0.0993. The van der Waals surface area contributed by atoms with Crippen LogP contribution in [-0.2, 0) is 23.8 Å². The molecule has 5 rings (SSSR count). The maximum absolute atomic E-state index is 12.6. The Morgan fingerprint density at radius 2 is 2.23 bits per heavy atom. The van der Waals surface area contributed by atoms with Gasteiger partial charge in [-0.25, -0.2) is 4.79 Å². The number of carbonyl (C=O) groups excluding carboxylic acids is 2. The molecule has 8 nitrogen and oxygen atoms in total. The normalized spacial score (nSPS) is 40.3. The second-order valence-electron chi connectivity index (χ2n) is 8.74. The van der Waals surface area contributed by atoms with Crippen molar-refractivity contribution in [1.82, 2.24) is 0 Å². The number of rotatable bonds is 4. The molecule has 0 aromatic carbocycles. The Bertz CT molecular complexity index is 933. The molecule has 30 heavy (non-hydrogen) atoms. The second kappa shape index (κ2) is 6.54. The molecule has 2 N–H and O–H groups in total. The zero-order valence-corrected chi connectivity index (χ0v) is 16.6. The molecule has 160 valence electrons. The van der Waals surface area contributed by atoms with Gasteiger partial charge in [-0.2, -0.15) is 0 Å². The SMILES string of the molecule is C=C1CC2OC(=O)C3=CC(O)CC4C1(CC(OC(C)=O)c1ccoc1)C(O)OCC324. The number of ether oxygens (including phenoxy) is 3. The Kier molecular flexibility index (Phi) is 4.26. The van der Waals surface area contributed by atoms with Crippen LogP contribution in [0, 0.1) is 16.7 Å². The predicted octanol–water partition coefficient (Wildman–Crippen LogP) is 1.79. The van der Waals surface area contributed by atoms with Gasteiger partial charge in [0, 0.05) is 36.3 Å². The monoisotopic (exact) mass is 416 g/mol. The molecule has 1 aromatic rings. The highest BCUT2D eigenvalue weighted by Gasteiger charge is 2.72. The number of aliphatic hydroxyl groups is 2. The van der Waals surface area contributed by atoms with Gasteiger partial charge in [0.2, 0.25) is 0 Å². The van der Waals surface area contributed by atoms with Crippen molar-refractivity contribution in [3.8, 4) is 0 Å². The number of hydrogen-bond donors (Lipinski definition) is 2. The molecule has 4 aliphatic rings. The first kappa shape index (κ1) is 19.5. The van der Waals surface area contributed by atoms with Gasteiger partial charge < -0.3 is 28.8 Å². The van der Waals surface area contributed by atoms with Crippen LogP contribution in [0.5, 0.6) is 0 Å². The first-order valence-electron chi connectivity index (χ1n) is 10.1. The number of furan rings is 1. The summed E-state index contributed by atoms with van der Waals surface area (Å²) in [7, 11) is 0. The zero-order chi connectivity index (χ0) is 21.3. The Labute approximate surface area is 173 Å². The molecule has 1 spiro atoms. The molecule has 0 radical (unpaired) electrons. The number of esters is 2. The van der Waals surface area contributed by atoms with Crippen LogP contribution in [0.1, 0.15) is 37.9 Å². The maximum Gasteiger partial charge on any atom is 0.334 e. The van der Waals surface area contributed by atoms with Gasteiger partial charge in [0.15, 0.2) is 6.29 Å². The standard InChI is InChI=1S/C22H24O8/c1-11-5-18-22-10-28-20(26)21(11,8-16(29-12(2)23)13-3-4-27-9-13)17(22)7-14(24)6-15(22)19(25)30-18/h3-4,6,9,14,16-18,20,24,26H,1,5,7-8,10H2,2H3. The van der Waals surface area contributed by atoms with Crippen molar-refractivity contribution in [2.24, 2.45) is 16.7 Å². The van der Waals surface area contributed by atoms with Crippen LogP contribution in [0.2, 0.25) is 0 Å². The third kappa shape index (κ3) is 2.44. The lowest BCUT2D eigenvalue weighted by Gasteiger charge is -2.62. The van der Waals surface area contributed by atoms with Crippen LogP contribution in [0.4, 0.5) is 0 Å². The molecule has 7 unspecified atom stereocenters.